The van der Waals surface area contributed by atoms with Crippen LogP contribution in [0.2, 0.25) is 0 Å². The Bertz CT molecular complexity index is 686. The second-order valence-corrected chi connectivity index (χ2v) is 6.03. The summed E-state index contributed by atoms with van der Waals surface area (Å²) in [6.07, 6.45) is 1.83. The van der Waals surface area contributed by atoms with Crippen LogP contribution in [0.4, 0.5) is 4.79 Å². The van der Waals surface area contributed by atoms with Crippen LogP contribution < -0.4 is 5.32 Å². The fourth-order valence-corrected chi connectivity index (χ4v) is 3.07. The van der Waals surface area contributed by atoms with E-state index in [0.717, 1.165) is 36.6 Å². The van der Waals surface area contributed by atoms with Crippen LogP contribution in [-0.4, -0.2) is 44.0 Å². The zero-order chi connectivity index (χ0) is 16.9. The summed E-state index contributed by atoms with van der Waals surface area (Å²) < 4.78 is 2.06. The van der Waals surface area contributed by atoms with Crippen molar-refractivity contribution in [2.45, 2.75) is 38.9 Å². The molecule has 0 spiro atoms. The highest BCUT2D eigenvalue weighted by Gasteiger charge is 2.27. The van der Waals surface area contributed by atoms with E-state index in [9.17, 15) is 9.90 Å². The minimum Gasteiger partial charge on any atom is -0.395 e. The van der Waals surface area contributed by atoms with Crippen LogP contribution in [0.3, 0.4) is 0 Å². The van der Waals surface area contributed by atoms with Gasteiger partial charge < -0.3 is 19.9 Å². The van der Waals surface area contributed by atoms with Gasteiger partial charge in [0.15, 0.2) is 5.82 Å². The molecule has 0 radical (unpaired) electrons. The number of benzene rings is 1. The number of aliphatic hydroxyl groups is 1. The molecule has 24 heavy (non-hydrogen) atoms. The Morgan fingerprint density at radius 1 is 1.38 bits per heavy atom. The molecule has 2 heterocycles. The largest absolute Gasteiger partial charge is 0.395 e. The maximum Gasteiger partial charge on any atom is 0.318 e. The van der Waals surface area contributed by atoms with Gasteiger partial charge >= 0.3 is 6.03 Å². The Kier molecular flexibility index (Phi) is 5.10. The highest BCUT2D eigenvalue weighted by atomic mass is 16.3. The number of urea groups is 1. The summed E-state index contributed by atoms with van der Waals surface area (Å²) in [6.45, 7) is 3.50. The van der Waals surface area contributed by atoms with Crippen LogP contribution >= 0.6 is 0 Å². The maximum atomic E-state index is 12.7. The van der Waals surface area contributed by atoms with Crippen molar-refractivity contribution in [3.63, 3.8) is 0 Å². The quantitative estimate of drug-likeness (QED) is 0.873. The third-order valence-electron chi connectivity index (χ3n) is 4.32. The van der Waals surface area contributed by atoms with Crippen molar-refractivity contribution in [1.82, 2.24) is 25.0 Å². The summed E-state index contributed by atoms with van der Waals surface area (Å²) in [5, 5.41) is 20.7. The minimum absolute atomic E-state index is 0.0692. The average molecular weight is 329 g/mol. The monoisotopic (exact) mass is 329 g/mol. The molecule has 2 N–H and O–H groups in total. The molecule has 7 heteroatoms. The van der Waals surface area contributed by atoms with Crippen LogP contribution in [0.15, 0.2) is 30.3 Å². The molecular weight excluding hydrogens is 306 g/mol. The lowest BCUT2D eigenvalue weighted by Crippen LogP contribution is -2.44. The first-order valence-electron chi connectivity index (χ1n) is 8.29. The average Bonchev–Trinajstić information content (AvgIpc) is 2.98. The van der Waals surface area contributed by atoms with Gasteiger partial charge in [0, 0.05) is 19.6 Å². The van der Waals surface area contributed by atoms with Crippen molar-refractivity contribution in [2.75, 3.05) is 13.2 Å². The minimum atomic E-state index is -0.188. The fourth-order valence-electron chi connectivity index (χ4n) is 3.07. The molecule has 2 amide bonds. The predicted octanol–water partition coefficient (Wildman–Crippen LogP) is 1.63. The third-order valence-corrected chi connectivity index (χ3v) is 4.32. The van der Waals surface area contributed by atoms with Gasteiger partial charge in [-0.3, -0.25) is 0 Å². The van der Waals surface area contributed by atoms with E-state index in [1.807, 2.05) is 37.3 Å². The topological polar surface area (TPSA) is 83.3 Å². The van der Waals surface area contributed by atoms with Gasteiger partial charge in [-0.2, -0.15) is 0 Å². The number of hydrogen-bond acceptors (Lipinski definition) is 4. The van der Waals surface area contributed by atoms with Crippen molar-refractivity contribution >= 4 is 6.03 Å². The summed E-state index contributed by atoms with van der Waals surface area (Å²) in [7, 11) is 0. The molecule has 1 aromatic heterocycles. The Morgan fingerprint density at radius 3 is 2.92 bits per heavy atom. The van der Waals surface area contributed by atoms with Crippen molar-refractivity contribution in [3.05, 3.63) is 47.5 Å². The van der Waals surface area contributed by atoms with Gasteiger partial charge in [-0.15, -0.1) is 10.2 Å². The standard InChI is InChI=1S/C17H23N5O2/c1-13-19-20-16-15(8-5-9-22(13)16)18-17(24)21(10-11-23)12-14-6-3-2-4-7-14/h2-4,6-7,15,23H,5,8-12H2,1H3,(H,18,24). The SMILES string of the molecule is Cc1nnc2n1CCCC2NC(=O)N(CCO)Cc1ccccc1. The number of aryl methyl sites for hydroxylation is 1. The Morgan fingerprint density at radius 2 is 2.17 bits per heavy atom. The van der Waals surface area contributed by atoms with Gasteiger partial charge in [0.25, 0.3) is 0 Å². The number of hydrogen-bond donors (Lipinski definition) is 2. The molecule has 1 aliphatic rings. The molecule has 1 aromatic carbocycles. The van der Waals surface area contributed by atoms with Crippen molar-refractivity contribution in [2.24, 2.45) is 0 Å². The van der Waals surface area contributed by atoms with Crippen LogP contribution in [-0.2, 0) is 13.1 Å². The Balaban J connectivity index is 1.70. The van der Waals surface area contributed by atoms with Crippen LogP contribution in [0.25, 0.3) is 0 Å². The Labute approximate surface area is 141 Å². The molecule has 3 rings (SSSR count). The van der Waals surface area contributed by atoms with Crippen LogP contribution in [0.5, 0.6) is 0 Å². The van der Waals surface area contributed by atoms with E-state index in [4.69, 9.17) is 0 Å². The van der Waals surface area contributed by atoms with Crippen molar-refractivity contribution < 1.29 is 9.90 Å². The van der Waals surface area contributed by atoms with E-state index in [2.05, 4.69) is 20.1 Å². The van der Waals surface area contributed by atoms with Gasteiger partial charge in [-0.1, -0.05) is 30.3 Å². The molecule has 0 bridgehead atoms. The first-order valence-corrected chi connectivity index (χ1v) is 8.29. The number of fused-ring (bicyclic) bond motifs is 1. The molecule has 2 aromatic rings. The van der Waals surface area contributed by atoms with Gasteiger partial charge in [-0.05, 0) is 25.3 Å². The van der Waals surface area contributed by atoms with Gasteiger partial charge in [0.05, 0.1) is 12.6 Å². The second-order valence-electron chi connectivity index (χ2n) is 6.03. The first-order chi connectivity index (χ1) is 11.7. The van der Waals surface area contributed by atoms with E-state index in [0.29, 0.717) is 13.1 Å². The summed E-state index contributed by atoms with van der Waals surface area (Å²) >= 11 is 0. The molecule has 1 unspecified atom stereocenters. The lowest BCUT2D eigenvalue weighted by Gasteiger charge is -2.28. The van der Waals surface area contributed by atoms with E-state index in [-0.39, 0.29) is 18.7 Å². The molecule has 0 saturated heterocycles. The normalized spacial score (nSPS) is 16.5. The number of nitrogens with zero attached hydrogens (tertiary/aromatic N) is 4. The maximum absolute atomic E-state index is 12.7. The van der Waals surface area contributed by atoms with E-state index >= 15 is 0 Å². The molecule has 7 nitrogen and oxygen atoms in total. The first kappa shape index (κ1) is 16.4. The van der Waals surface area contributed by atoms with Gasteiger partial charge in [0.1, 0.15) is 5.82 Å². The van der Waals surface area contributed by atoms with Gasteiger partial charge in [-0.25, -0.2) is 4.79 Å². The molecule has 0 aliphatic carbocycles. The zero-order valence-electron chi connectivity index (χ0n) is 13.9. The molecular formula is C17H23N5O2. The zero-order valence-corrected chi connectivity index (χ0v) is 13.9. The van der Waals surface area contributed by atoms with Crippen LogP contribution in [0, 0.1) is 6.92 Å². The third kappa shape index (κ3) is 3.56. The number of aliphatic hydroxyl groups excluding tert-OH is 1. The highest BCUT2D eigenvalue weighted by molar-refractivity contribution is 5.74. The summed E-state index contributed by atoms with van der Waals surface area (Å²) in [5.74, 6) is 1.69. The summed E-state index contributed by atoms with van der Waals surface area (Å²) in [6, 6.07) is 9.44. The number of nitrogens with one attached hydrogen (secondary N) is 1. The summed E-state index contributed by atoms with van der Waals surface area (Å²) in [5.41, 5.74) is 1.03. The lowest BCUT2D eigenvalue weighted by molar-refractivity contribution is 0.168. The number of aromatic nitrogens is 3. The van der Waals surface area contributed by atoms with Gasteiger partial charge in [0.2, 0.25) is 0 Å². The number of amides is 2. The smallest absolute Gasteiger partial charge is 0.318 e. The molecule has 0 fully saturated rings. The predicted molar refractivity (Wildman–Crippen MR) is 89.2 cm³/mol. The molecule has 1 aliphatic heterocycles. The fraction of sp³-hybridized carbons (Fsp3) is 0.471. The van der Waals surface area contributed by atoms with Crippen molar-refractivity contribution in [1.29, 1.82) is 0 Å². The lowest BCUT2D eigenvalue weighted by atomic mass is 10.1. The van der Waals surface area contributed by atoms with Crippen LogP contribution in [0.1, 0.15) is 36.1 Å². The number of carbonyl (C=O) groups excluding carboxylic acids is 1. The molecule has 1 atom stereocenters. The van der Waals surface area contributed by atoms with E-state index < -0.39 is 0 Å². The summed E-state index contributed by atoms with van der Waals surface area (Å²) in [4.78, 5) is 14.3. The number of carbonyl (C=O) groups is 1. The van der Waals surface area contributed by atoms with Crippen molar-refractivity contribution in [3.8, 4) is 0 Å². The Hall–Kier alpha value is -2.41. The van der Waals surface area contributed by atoms with E-state index in [1.54, 1.807) is 4.90 Å². The highest BCUT2D eigenvalue weighted by Crippen LogP contribution is 2.24. The van der Waals surface area contributed by atoms with E-state index in [1.165, 1.54) is 0 Å². The molecule has 0 saturated carbocycles. The second kappa shape index (κ2) is 7.44. The number of rotatable bonds is 5. The molecule has 128 valence electrons.